The summed E-state index contributed by atoms with van der Waals surface area (Å²) >= 11 is 1.64. The summed E-state index contributed by atoms with van der Waals surface area (Å²) in [6.07, 6.45) is 0.954. The third kappa shape index (κ3) is 2.72. The van der Waals surface area contributed by atoms with Crippen molar-refractivity contribution >= 4 is 33.3 Å². The summed E-state index contributed by atoms with van der Waals surface area (Å²) in [7, 11) is 0. The molecule has 0 amide bonds. The molecule has 3 aromatic rings. The molecule has 0 aliphatic rings. The summed E-state index contributed by atoms with van der Waals surface area (Å²) in [6, 6.07) is 12.5. The molecule has 0 aliphatic heterocycles. The number of rotatable bonds is 4. The first-order valence-electron chi connectivity index (χ1n) is 6.54. The summed E-state index contributed by atoms with van der Waals surface area (Å²) in [5.41, 5.74) is 7.07. The standard InChI is InChI=1S/C15H16N4S/c1-10-9-12-13(18-15(16)19-14(12)20-10)17-8-7-11-5-3-2-4-6-11/h2-6,9H,7-8H2,1H3,(H3,16,17,18,19). The van der Waals surface area contributed by atoms with Gasteiger partial charge >= 0.3 is 0 Å². The van der Waals surface area contributed by atoms with Crippen LogP contribution in [0.5, 0.6) is 0 Å². The molecule has 0 bridgehead atoms. The van der Waals surface area contributed by atoms with Crippen LogP contribution in [0, 0.1) is 6.92 Å². The number of nitrogen functional groups attached to an aromatic ring is 1. The number of thiophene rings is 1. The van der Waals surface area contributed by atoms with Crippen LogP contribution < -0.4 is 11.1 Å². The summed E-state index contributed by atoms with van der Waals surface area (Å²) < 4.78 is 0. The van der Waals surface area contributed by atoms with E-state index in [1.54, 1.807) is 11.3 Å². The van der Waals surface area contributed by atoms with Crippen molar-refractivity contribution in [3.8, 4) is 0 Å². The van der Waals surface area contributed by atoms with Gasteiger partial charge in [0, 0.05) is 11.4 Å². The van der Waals surface area contributed by atoms with Gasteiger partial charge in [-0.25, -0.2) is 4.98 Å². The van der Waals surface area contributed by atoms with E-state index in [2.05, 4.69) is 52.5 Å². The number of fused-ring (bicyclic) bond motifs is 1. The number of aryl methyl sites for hydroxylation is 1. The van der Waals surface area contributed by atoms with Crippen LogP contribution in [0.25, 0.3) is 10.2 Å². The second-order valence-electron chi connectivity index (χ2n) is 4.67. The molecule has 102 valence electrons. The molecule has 1 aromatic carbocycles. The highest BCUT2D eigenvalue weighted by Gasteiger charge is 2.08. The van der Waals surface area contributed by atoms with E-state index in [-0.39, 0.29) is 0 Å². The van der Waals surface area contributed by atoms with Gasteiger partial charge in [-0.3, -0.25) is 0 Å². The zero-order chi connectivity index (χ0) is 13.9. The normalized spacial score (nSPS) is 10.8. The Morgan fingerprint density at radius 3 is 2.80 bits per heavy atom. The lowest BCUT2D eigenvalue weighted by molar-refractivity contribution is 1.01. The molecular formula is C15H16N4S. The zero-order valence-electron chi connectivity index (χ0n) is 11.3. The van der Waals surface area contributed by atoms with Gasteiger partial charge in [0.1, 0.15) is 10.6 Å². The van der Waals surface area contributed by atoms with Crippen LogP contribution in [0.3, 0.4) is 0 Å². The molecule has 4 nitrogen and oxygen atoms in total. The number of aromatic nitrogens is 2. The molecular weight excluding hydrogens is 268 g/mol. The SMILES string of the molecule is Cc1cc2c(NCCc3ccccc3)nc(N)nc2s1. The molecule has 0 atom stereocenters. The summed E-state index contributed by atoms with van der Waals surface area (Å²) in [4.78, 5) is 10.7. The van der Waals surface area contributed by atoms with E-state index in [9.17, 15) is 0 Å². The fourth-order valence-corrected chi connectivity index (χ4v) is 3.05. The van der Waals surface area contributed by atoms with E-state index in [4.69, 9.17) is 5.73 Å². The largest absolute Gasteiger partial charge is 0.369 e. The predicted molar refractivity (Wildman–Crippen MR) is 85.2 cm³/mol. The van der Waals surface area contributed by atoms with Crippen LogP contribution >= 0.6 is 11.3 Å². The smallest absolute Gasteiger partial charge is 0.223 e. The van der Waals surface area contributed by atoms with Crippen molar-refractivity contribution < 1.29 is 0 Å². The Hall–Kier alpha value is -2.14. The van der Waals surface area contributed by atoms with Gasteiger partial charge in [-0.05, 0) is 25.0 Å². The van der Waals surface area contributed by atoms with Crippen LogP contribution in [-0.2, 0) is 6.42 Å². The number of hydrogen-bond donors (Lipinski definition) is 2. The minimum Gasteiger partial charge on any atom is -0.369 e. The number of nitrogens with one attached hydrogen (secondary N) is 1. The van der Waals surface area contributed by atoms with Gasteiger partial charge < -0.3 is 11.1 Å². The quantitative estimate of drug-likeness (QED) is 0.772. The van der Waals surface area contributed by atoms with E-state index in [0.29, 0.717) is 5.95 Å². The maximum absolute atomic E-state index is 5.76. The fraction of sp³-hybridized carbons (Fsp3) is 0.200. The van der Waals surface area contributed by atoms with E-state index in [1.165, 1.54) is 10.4 Å². The molecule has 0 aliphatic carbocycles. The van der Waals surface area contributed by atoms with Crippen LogP contribution in [0.15, 0.2) is 36.4 Å². The second-order valence-corrected chi connectivity index (χ2v) is 5.90. The highest BCUT2D eigenvalue weighted by molar-refractivity contribution is 7.18. The Bertz CT molecular complexity index is 721. The number of anilines is 2. The minimum absolute atomic E-state index is 0.321. The Morgan fingerprint density at radius 1 is 1.20 bits per heavy atom. The van der Waals surface area contributed by atoms with Crippen molar-refractivity contribution in [3.05, 3.63) is 46.8 Å². The summed E-state index contributed by atoms with van der Waals surface area (Å²) in [5, 5.41) is 4.42. The van der Waals surface area contributed by atoms with Crippen molar-refractivity contribution in [1.29, 1.82) is 0 Å². The van der Waals surface area contributed by atoms with Gasteiger partial charge in [-0.1, -0.05) is 30.3 Å². The van der Waals surface area contributed by atoms with Crippen LogP contribution in [-0.4, -0.2) is 16.5 Å². The molecule has 20 heavy (non-hydrogen) atoms. The zero-order valence-corrected chi connectivity index (χ0v) is 12.1. The van der Waals surface area contributed by atoms with Gasteiger partial charge in [-0.2, -0.15) is 4.98 Å². The van der Waals surface area contributed by atoms with Gasteiger partial charge in [0.15, 0.2) is 0 Å². The molecule has 0 saturated carbocycles. The summed E-state index contributed by atoms with van der Waals surface area (Å²) in [6.45, 7) is 2.89. The lowest BCUT2D eigenvalue weighted by Gasteiger charge is -2.07. The maximum atomic E-state index is 5.76. The second kappa shape index (κ2) is 5.46. The Balaban J connectivity index is 1.77. The lowest BCUT2D eigenvalue weighted by Crippen LogP contribution is -2.08. The van der Waals surface area contributed by atoms with Crippen LogP contribution in [0.2, 0.25) is 0 Å². The van der Waals surface area contributed by atoms with Crippen LogP contribution in [0.1, 0.15) is 10.4 Å². The predicted octanol–water partition coefficient (Wildman–Crippen LogP) is 3.24. The first kappa shape index (κ1) is 12.9. The average Bonchev–Trinajstić information content (AvgIpc) is 2.80. The van der Waals surface area contributed by atoms with Crippen molar-refractivity contribution in [1.82, 2.24) is 9.97 Å². The Morgan fingerprint density at radius 2 is 2.00 bits per heavy atom. The maximum Gasteiger partial charge on any atom is 0.223 e. The Labute approximate surface area is 121 Å². The first-order chi connectivity index (χ1) is 9.72. The molecule has 5 heteroatoms. The Kier molecular flexibility index (Phi) is 3.52. The summed E-state index contributed by atoms with van der Waals surface area (Å²) in [5.74, 6) is 1.15. The number of nitrogens with two attached hydrogens (primary N) is 1. The molecule has 2 heterocycles. The highest BCUT2D eigenvalue weighted by atomic mass is 32.1. The van der Waals surface area contributed by atoms with E-state index < -0.39 is 0 Å². The van der Waals surface area contributed by atoms with E-state index in [1.807, 2.05) is 6.07 Å². The molecule has 0 fully saturated rings. The van der Waals surface area contributed by atoms with Crippen molar-refractivity contribution in [3.63, 3.8) is 0 Å². The molecule has 2 aromatic heterocycles. The molecule has 0 saturated heterocycles. The topological polar surface area (TPSA) is 63.8 Å². The van der Waals surface area contributed by atoms with Gasteiger partial charge in [-0.15, -0.1) is 11.3 Å². The fourth-order valence-electron chi connectivity index (χ4n) is 2.16. The molecule has 0 unspecified atom stereocenters. The molecule has 0 radical (unpaired) electrons. The number of nitrogens with zero attached hydrogens (tertiary/aromatic N) is 2. The van der Waals surface area contributed by atoms with Gasteiger partial charge in [0.05, 0.1) is 5.39 Å². The monoisotopic (exact) mass is 284 g/mol. The lowest BCUT2D eigenvalue weighted by atomic mass is 10.1. The third-order valence-electron chi connectivity index (χ3n) is 3.08. The highest BCUT2D eigenvalue weighted by Crippen LogP contribution is 2.28. The van der Waals surface area contributed by atoms with Crippen LogP contribution in [0.4, 0.5) is 11.8 Å². The number of benzene rings is 1. The van der Waals surface area contributed by atoms with Crippen molar-refractivity contribution in [2.75, 3.05) is 17.6 Å². The van der Waals surface area contributed by atoms with Gasteiger partial charge in [0.2, 0.25) is 5.95 Å². The first-order valence-corrected chi connectivity index (χ1v) is 7.35. The molecule has 3 N–H and O–H groups in total. The number of hydrogen-bond acceptors (Lipinski definition) is 5. The van der Waals surface area contributed by atoms with Crippen molar-refractivity contribution in [2.45, 2.75) is 13.3 Å². The third-order valence-corrected chi connectivity index (χ3v) is 4.03. The van der Waals surface area contributed by atoms with E-state index in [0.717, 1.165) is 29.0 Å². The van der Waals surface area contributed by atoms with Crippen molar-refractivity contribution in [2.24, 2.45) is 0 Å². The van der Waals surface area contributed by atoms with Gasteiger partial charge in [0.25, 0.3) is 0 Å². The average molecular weight is 284 g/mol. The van der Waals surface area contributed by atoms with E-state index >= 15 is 0 Å². The molecule has 3 rings (SSSR count). The minimum atomic E-state index is 0.321. The molecule has 0 spiro atoms.